The Bertz CT molecular complexity index is 515. The predicted octanol–water partition coefficient (Wildman–Crippen LogP) is 3.59. The van der Waals surface area contributed by atoms with Crippen molar-refractivity contribution >= 4 is 33.4 Å². The van der Waals surface area contributed by atoms with Crippen LogP contribution in [-0.2, 0) is 9.59 Å². The molecule has 0 unspecified atom stereocenters. The first-order valence-corrected chi connectivity index (χ1v) is 7.90. The predicted molar refractivity (Wildman–Crippen MR) is 89.2 cm³/mol. The van der Waals surface area contributed by atoms with Gasteiger partial charge in [-0.3, -0.25) is 9.59 Å². The van der Waals surface area contributed by atoms with Crippen molar-refractivity contribution in [2.24, 2.45) is 5.92 Å². The number of carbonyl (C=O) groups is 2. The first-order valence-electron chi connectivity index (χ1n) is 7.11. The summed E-state index contributed by atoms with van der Waals surface area (Å²) in [6, 6.07) is 5.67. The molecule has 0 bridgehead atoms. The molecule has 0 atom stereocenters. The number of anilines is 1. The molecular weight excluding hydrogens is 332 g/mol. The SMILES string of the molecule is CC(=O)N(CCC(C)C)CC(=O)Nc1ccc(Br)cc1C. The Hall–Kier alpha value is -1.36. The number of benzene rings is 1. The summed E-state index contributed by atoms with van der Waals surface area (Å²) in [5, 5.41) is 2.86. The van der Waals surface area contributed by atoms with E-state index in [0.29, 0.717) is 12.5 Å². The summed E-state index contributed by atoms with van der Waals surface area (Å²) in [5.41, 5.74) is 1.75. The number of carbonyl (C=O) groups excluding carboxylic acids is 2. The fourth-order valence-electron chi connectivity index (χ4n) is 1.89. The molecule has 1 aromatic rings. The van der Waals surface area contributed by atoms with Crippen LogP contribution in [0.3, 0.4) is 0 Å². The summed E-state index contributed by atoms with van der Waals surface area (Å²) in [5.74, 6) is 0.265. The van der Waals surface area contributed by atoms with Crippen molar-refractivity contribution in [1.29, 1.82) is 0 Å². The van der Waals surface area contributed by atoms with Gasteiger partial charge in [0.25, 0.3) is 0 Å². The Kier molecular flexibility index (Phi) is 6.89. The number of amides is 2. The number of rotatable bonds is 6. The molecule has 116 valence electrons. The zero-order valence-electron chi connectivity index (χ0n) is 13.1. The van der Waals surface area contributed by atoms with E-state index in [4.69, 9.17) is 0 Å². The molecule has 1 rings (SSSR count). The normalized spacial score (nSPS) is 10.6. The van der Waals surface area contributed by atoms with Crippen molar-refractivity contribution in [1.82, 2.24) is 4.90 Å². The maximum absolute atomic E-state index is 12.1. The van der Waals surface area contributed by atoms with Gasteiger partial charge in [-0.1, -0.05) is 29.8 Å². The third-order valence-electron chi connectivity index (χ3n) is 3.22. The largest absolute Gasteiger partial charge is 0.334 e. The summed E-state index contributed by atoms with van der Waals surface area (Å²) in [6.45, 7) is 8.34. The summed E-state index contributed by atoms with van der Waals surface area (Å²) in [6.07, 6.45) is 0.893. The summed E-state index contributed by atoms with van der Waals surface area (Å²) in [7, 11) is 0. The molecule has 0 aliphatic heterocycles. The number of halogens is 1. The van der Waals surface area contributed by atoms with Crippen molar-refractivity contribution in [3.8, 4) is 0 Å². The molecule has 0 saturated carbocycles. The van der Waals surface area contributed by atoms with Crippen LogP contribution >= 0.6 is 15.9 Å². The third kappa shape index (κ3) is 6.29. The van der Waals surface area contributed by atoms with E-state index in [0.717, 1.165) is 22.1 Å². The molecule has 0 aliphatic carbocycles. The Balaban J connectivity index is 2.63. The van der Waals surface area contributed by atoms with Gasteiger partial charge in [-0.15, -0.1) is 0 Å². The lowest BCUT2D eigenvalue weighted by molar-refractivity contribution is -0.132. The number of hydrogen-bond acceptors (Lipinski definition) is 2. The molecule has 0 spiro atoms. The molecule has 1 N–H and O–H groups in total. The first-order chi connectivity index (χ1) is 9.79. The maximum atomic E-state index is 12.1. The highest BCUT2D eigenvalue weighted by molar-refractivity contribution is 9.10. The molecular formula is C16H23BrN2O2. The zero-order chi connectivity index (χ0) is 16.0. The van der Waals surface area contributed by atoms with Crippen LogP contribution in [-0.4, -0.2) is 29.8 Å². The van der Waals surface area contributed by atoms with Gasteiger partial charge in [-0.25, -0.2) is 0 Å². The molecule has 0 saturated heterocycles. The standard InChI is InChI=1S/C16H23BrN2O2/c1-11(2)7-8-19(13(4)20)10-16(21)18-15-6-5-14(17)9-12(15)3/h5-6,9,11H,7-8,10H2,1-4H3,(H,18,21). The molecule has 1 aromatic carbocycles. The fraction of sp³-hybridized carbons (Fsp3) is 0.500. The van der Waals surface area contributed by atoms with E-state index < -0.39 is 0 Å². The number of nitrogens with zero attached hydrogens (tertiary/aromatic N) is 1. The van der Waals surface area contributed by atoms with Crippen LogP contribution in [0.2, 0.25) is 0 Å². The van der Waals surface area contributed by atoms with Crippen LogP contribution in [0.4, 0.5) is 5.69 Å². The van der Waals surface area contributed by atoms with Gasteiger partial charge >= 0.3 is 0 Å². The number of nitrogens with one attached hydrogen (secondary N) is 1. The van der Waals surface area contributed by atoms with Crippen molar-refractivity contribution in [2.45, 2.75) is 34.1 Å². The van der Waals surface area contributed by atoms with Crippen molar-refractivity contribution in [3.63, 3.8) is 0 Å². The molecule has 5 heteroatoms. The van der Waals surface area contributed by atoms with E-state index in [1.165, 1.54) is 6.92 Å². The Morgan fingerprint density at radius 2 is 2.00 bits per heavy atom. The second kappa shape index (κ2) is 8.17. The average molecular weight is 355 g/mol. The molecule has 0 aromatic heterocycles. The molecule has 4 nitrogen and oxygen atoms in total. The van der Waals surface area contributed by atoms with E-state index in [1.807, 2.05) is 25.1 Å². The van der Waals surface area contributed by atoms with Gasteiger partial charge in [0.1, 0.15) is 0 Å². The van der Waals surface area contributed by atoms with Crippen LogP contribution in [0.25, 0.3) is 0 Å². The molecule has 0 heterocycles. The van der Waals surface area contributed by atoms with Gasteiger partial charge in [0, 0.05) is 23.6 Å². The Morgan fingerprint density at radius 3 is 2.52 bits per heavy atom. The topological polar surface area (TPSA) is 49.4 Å². The molecule has 0 radical (unpaired) electrons. The highest BCUT2D eigenvalue weighted by Gasteiger charge is 2.14. The van der Waals surface area contributed by atoms with Crippen LogP contribution in [0.1, 0.15) is 32.8 Å². The average Bonchev–Trinajstić information content (AvgIpc) is 2.37. The van der Waals surface area contributed by atoms with Crippen LogP contribution < -0.4 is 5.32 Å². The number of hydrogen-bond donors (Lipinski definition) is 1. The van der Waals surface area contributed by atoms with Gasteiger partial charge in [0.2, 0.25) is 11.8 Å². The van der Waals surface area contributed by atoms with Gasteiger partial charge < -0.3 is 10.2 Å². The van der Waals surface area contributed by atoms with Gasteiger partial charge in [0.15, 0.2) is 0 Å². The highest BCUT2D eigenvalue weighted by Crippen LogP contribution is 2.20. The lowest BCUT2D eigenvalue weighted by atomic mass is 10.1. The van der Waals surface area contributed by atoms with E-state index in [9.17, 15) is 9.59 Å². The molecule has 0 aliphatic rings. The van der Waals surface area contributed by atoms with E-state index in [2.05, 4.69) is 35.1 Å². The quantitative estimate of drug-likeness (QED) is 0.848. The summed E-state index contributed by atoms with van der Waals surface area (Å²) in [4.78, 5) is 25.3. The second-order valence-electron chi connectivity index (χ2n) is 5.63. The van der Waals surface area contributed by atoms with Crippen LogP contribution in [0.15, 0.2) is 22.7 Å². The first kappa shape index (κ1) is 17.7. The van der Waals surface area contributed by atoms with E-state index in [1.54, 1.807) is 4.90 Å². The van der Waals surface area contributed by atoms with Crippen molar-refractivity contribution in [2.75, 3.05) is 18.4 Å². The van der Waals surface area contributed by atoms with Crippen LogP contribution in [0, 0.1) is 12.8 Å². The molecule has 2 amide bonds. The number of aryl methyl sites for hydroxylation is 1. The van der Waals surface area contributed by atoms with E-state index in [-0.39, 0.29) is 18.4 Å². The lowest BCUT2D eigenvalue weighted by Crippen LogP contribution is -2.37. The monoisotopic (exact) mass is 354 g/mol. The minimum Gasteiger partial charge on any atom is -0.334 e. The smallest absolute Gasteiger partial charge is 0.244 e. The van der Waals surface area contributed by atoms with E-state index >= 15 is 0 Å². The summed E-state index contributed by atoms with van der Waals surface area (Å²) >= 11 is 3.39. The highest BCUT2D eigenvalue weighted by atomic mass is 79.9. The zero-order valence-corrected chi connectivity index (χ0v) is 14.7. The fourth-order valence-corrected chi connectivity index (χ4v) is 2.37. The second-order valence-corrected chi connectivity index (χ2v) is 6.55. The summed E-state index contributed by atoms with van der Waals surface area (Å²) < 4.78 is 0.972. The lowest BCUT2D eigenvalue weighted by Gasteiger charge is -2.21. The van der Waals surface area contributed by atoms with Gasteiger partial charge in [0.05, 0.1) is 6.54 Å². The van der Waals surface area contributed by atoms with Gasteiger partial charge in [-0.2, -0.15) is 0 Å². The minimum atomic E-state index is -0.167. The molecule has 21 heavy (non-hydrogen) atoms. The third-order valence-corrected chi connectivity index (χ3v) is 3.71. The minimum absolute atomic E-state index is 0.0710. The van der Waals surface area contributed by atoms with Crippen LogP contribution in [0.5, 0.6) is 0 Å². The van der Waals surface area contributed by atoms with Gasteiger partial charge in [-0.05, 0) is 43.0 Å². The van der Waals surface area contributed by atoms with Crippen molar-refractivity contribution in [3.05, 3.63) is 28.2 Å². The Labute approximate surface area is 135 Å². The maximum Gasteiger partial charge on any atom is 0.244 e. The Morgan fingerprint density at radius 1 is 1.33 bits per heavy atom. The molecule has 0 fully saturated rings. The van der Waals surface area contributed by atoms with Crippen molar-refractivity contribution < 1.29 is 9.59 Å².